The summed E-state index contributed by atoms with van der Waals surface area (Å²) in [5.41, 5.74) is 5.39. The van der Waals surface area contributed by atoms with Crippen LogP contribution in [-0.4, -0.2) is 83.4 Å². The average molecular weight is 472 g/mol. The molecule has 3 aromatic rings. The molecule has 0 saturated carbocycles. The fourth-order valence-electron chi connectivity index (χ4n) is 4.64. The predicted octanol–water partition coefficient (Wildman–Crippen LogP) is 2.57. The molecule has 0 unspecified atom stereocenters. The number of anilines is 2. The molecule has 8 rings (SSSR count). The highest BCUT2D eigenvalue weighted by Crippen LogP contribution is 2.21. The number of hydrogen-bond donors (Lipinski definition) is 2. The molecule has 1 saturated heterocycles. The minimum atomic E-state index is 0.108. The van der Waals surface area contributed by atoms with Crippen LogP contribution in [0.4, 0.5) is 11.6 Å². The summed E-state index contributed by atoms with van der Waals surface area (Å²) >= 11 is 0. The first-order valence-electron chi connectivity index (χ1n) is 12.3. The number of carbonyl (C=O) groups excluding carboxylic acids is 1. The van der Waals surface area contributed by atoms with Crippen LogP contribution in [0.3, 0.4) is 0 Å². The van der Waals surface area contributed by atoms with Crippen molar-refractivity contribution >= 4 is 17.5 Å². The third-order valence-corrected chi connectivity index (χ3v) is 6.59. The number of rotatable bonds is 0. The van der Waals surface area contributed by atoms with Gasteiger partial charge in [-0.15, -0.1) is 0 Å². The molecule has 8 heteroatoms. The van der Waals surface area contributed by atoms with E-state index in [4.69, 9.17) is 4.98 Å². The molecule has 0 spiro atoms. The number of hydrogen-bond acceptors (Lipinski definition) is 7. The average Bonchev–Trinajstić information content (AvgIpc) is 2.86. The van der Waals surface area contributed by atoms with Gasteiger partial charge in [-0.1, -0.05) is 36.4 Å². The second-order valence-electron chi connectivity index (χ2n) is 9.43. The molecule has 182 valence electrons. The van der Waals surface area contributed by atoms with Crippen LogP contribution in [-0.2, 0) is 17.9 Å². The summed E-state index contributed by atoms with van der Waals surface area (Å²) in [6.07, 6.45) is 1.80. The monoisotopic (exact) mass is 471 g/mol. The maximum absolute atomic E-state index is 12.4. The number of aromatic nitrogens is 2. The van der Waals surface area contributed by atoms with E-state index in [1.807, 2.05) is 12.1 Å². The van der Waals surface area contributed by atoms with Crippen molar-refractivity contribution in [3.05, 3.63) is 71.9 Å². The Balaban J connectivity index is 1.37. The van der Waals surface area contributed by atoms with Crippen LogP contribution in [0.5, 0.6) is 0 Å². The number of amides is 1. The molecule has 0 aliphatic carbocycles. The van der Waals surface area contributed by atoms with Gasteiger partial charge in [0.05, 0.1) is 12.2 Å². The molecule has 5 aliphatic heterocycles. The van der Waals surface area contributed by atoms with Crippen LogP contribution in [0, 0.1) is 0 Å². The molecule has 35 heavy (non-hydrogen) atoms. The number of likely N-dealkylation sites (N-methyl/N-ethyl adjacent to an activating group) is 1. The predicted molar refractivity (Wildman–Crippen MR) is 138 cm³/mol. The van der Waals surface area contributed by atoms with Crippen LogP contribution in [0.15, 0.2) is 60.8 Å². The quantitative estimate of drug-likeness (QED) is 0.522. The van der Waals surface area contributed by atoms with Gasteiger partial charge in [-0.2, -0.15) is 0 Å². The van der Waals surface area contributed by atoms with Crippen molar-refractivity contribution in [2.45, 2.75) is 13.1 Å². The molecule has 2 aromatic carbocycles. The van der Waals surface area contributed by atoms with Gasteiger partial charge >= 0.3 is 0 Å². The number of carbonyl (C=O) groups is 1. The maximum atomic E-state index is 12.4. The van der Waals surface area contributed by atoms with Crippen LogP contribution >= 0.6 is 0 Å². The molecule has 8 nitrogen and oxygen atoms in total. The lowest BCUT2D eigenvalue weighted by Crippen LogP contribution is -2.49. The van der Waals surface area contributed by atoms with Gasteiger partial charge in [0.25, 0.3) is 0 Å². The molecule has 2 N–H and O–H groups in total. The molecular formula is C27H33N7O. The number of nitrogens with one attached hydrogen (secondary N) is 2. The Labute approximate surface area is 207 Å². The molecule has 5 aliphatic rings. The maximum Gasteiger partial charge on any atom is 0.234 e. The van der Waals surface area contributed by atoms with Gasteiger partial charge in [0.15, 0.2) is 0 Å². The SMILES string of the molecule is CN1CCNC(=O)CN2CCN(CC2)Cc2cccc(c2)Nc2nccc(n2)-c2ccc(cc2)C1. The summed E-state index contributed by atoms with van der Waals surface area (Å²) in [7, 11) is 2.08. The topological polar surface area (TPSA) is 76.6 Å². The number of benzene rings is 2. The van der Waals surface area contributed by atoms with Crippen molar-refractivity contribution in [2.24, 2.45) is 0 Å². The van der Waals surface area contributed by atoms with E-state index in [-0.39, 0.29) is 5.91 Å². The Kier molecular flexibility index (Phi) is 7.32. The Morgan fingerprint density at radius 2 is 1.60 bits per heavy atom. The van der Waals surface area contributed by atoms with E-state index >= 15 is 0 Å². The lowest BCUT2D eigenvalue weighted by molar-refractivity contribution is -0.122. The molecule has 8 bridgehead atoms. The van der Waals surface area contributed by atoms with E-state index in [0.29, 0.717) is 19.0 Å². The van der Waals surface area contributed by atoms with Gasteiger partial charge in [0.2, 0.25) is 11.9 Å². The molecule has 1 amide bonds. The van der Waals surface area contributed by atoms with Gasteiger partial charge in [0, 0.05) is 69.8 Å². The highest BCUT2D eigenvalue weighted by atomic mass is 16.2. The van der Waals surface area contributed by atoms with E-state index < -0.39 is 0 Å². The van der Waals surface area contributed by atoms with Crippen molar-refractivity contribution < 1.29 is 4.79 Å². The van der Waals surface area contributed by atoms with E-state index in [2.05, 4.69) is 79.8 Å². The molecule has 6 heterocycles. The van der Waals surface area contributed by atoms with Crippen molar-refractivity contribution in [1.29, 1.82) is 0 Å². The minimum Gasteiger partial charge on any atom is -0.354 e. The zero-order valence-electron chi connectivity index (χ0n) is 20.3. The van der Waals surface area contributed by atoms with Crippen LogP contribution < -0.4 is 10.6 Å². The Morgan fingerprint density at radius 3 is 2.40 bits per heavy atom. The summed E-state index contributed by atoms with van der Waals surface area (Å²) in [4.78, 5) is 28.5. The highest BCUT2D eigenvalue weighted by molar-refractivity contribution is 5.78. The molecule has 0 radical (unpaired) electrons. The third kappa shape index (κ3) is 6.42. The summed E-state index contributed by atoms with van der Waals surface area (Å²) < 4.78 is 0. The van der Waals surface area contributed by atoms with Crippen LogP contribution in [0.2, 0.25) is 0 Å². The smallest absolute Gasteiger partial charge is 0.234 e. The second kappa shape index (κ2) is 10.9. The largest absolute Gasteiger partial charge is 0.354 e. The zero-order chi connectivity index (χ0) is 24.0. The molecule has 0 atom stereocenters. The van der Waals surface area contributed by atoms with E-state index in [0.717, 1.165) is 62.8 Å². The molecular weight excluding hydrogens is 438 g/mol. The van der Waals surface area contributed by atoms with Gasteiger partial charge in [-0.25, -0.2) is 9.97 Å². The van der Waals surface area contributed by atoms with Gasteiger partial charge < -0.3 is 15.5 Å². The van der Waals surface area contributed by atoms with Crippen LogP contribution in [0.1, 0.15) is 11.1 Å². The van der Waals surface area contributed by atoms with Crippen molar-refractivity contribution in [2.75, 3.05) is 58.2 Å². The fraction of sp³-hybridized carbons (Fsp3) is 0.370. The van der Waals surface area contributed by atoms with E-state index in [9.17, 15) is 4.79 Å². The van der Waals surface area contributed by atoms with Crippen molar-refractivity contribution in [1.82, 2.24) is 30.0 Å². The summed E-state index contributed by atoms with van der Waals surface area (Å²) in [6, 6.07) is 18.8. The standard InChI is InChI=1S/C27H33N7O/c1-32-12-11-28-26(35)20-34-15-13-33(14-16-34)19-22-3-2-4-24(17-22)30-27-29-10-9-25(31-27)23-7-5-21(18-32)6-8-23/h2-10,17H,11-16,18-20H2,1H3,(H,28,35)(H,29,30,31). The fourth-order valence-corrected chi connectivity index (χ4v) is 4.64. The lowest BCUT2D eigenvalue weighted by Gasteiger charge is -2.34. The number of nitrogens with zero attached hydrogens (tertiary/aromatic N) is 5. The Morgan fingerprint density at radius 1 is 0.829 bits per heavy atom. The Bertz CT molecular complexity index is 1140. The van der Waals surface area contributed by atoms with Gasteiger partial charge in [-0.3, -0.25) is 14.6 Å². The van der Waals surface area contributed by atoms with Gasteiger partial charge in [-0.05, 0) is 36.4 Å². The van der Waals surface area contributed by atoms with Crippen LogP contribution in [0.25, 0.3) is 11.3 Å². The van der Waals surface area contributed by atoms with E-state index in [1.165, 1.54) is 11.1 Å². The van der Waals surface area contributed by atoms with Crippen molar-refractivity contribution in [3.63, 3.8) is 0 Å². The lowest BCUT2D eigenvalue weighted by atomic mass is 10.1. The second-order valence-corrected chi connectivity index (χ2v) is 9.43. The Hall–Kier alpha value is -3.33. The number of piperazine rings is 1. The van der Waals surface area contributed by atoms with E-state index in [1.54, 1.807) is 6.20 Å². The van der Waals surface area contributed by atoms with Gasteiger partial charge in [0.1, 0.15) is 0 Å². The highest BCUT2D eigenvalue weighted by Gasteiger charge is 2.19. The summed E-state index contributed by atoms with van der Waals surface area (Å²) in [5.74, 6) is 0.698. The first-order valence-corrected chi connectivity index (χ1v) is 12.3. The zero-order valence-corrected chi connectivity index (χ0v) is 20.3. The first-order chi connectivity index (χ1) is 17.1. The molecule has 1 fully saturated rings. The summed E-state index contributed by atoms with van der Waals surface area (Å²) in [6.45, 7) is 7.35. The normalized spacial score (nSPS) is 21.8. The summed E-state index contributed by atoms with van der Waals surface area (Å²) in [5, 5.41) is 6.46. The first kappa shape index (κ1) is 23.4. The molecule has 1 aromatic heterocycles. The van der Waals surface area contributed by atoms with Crippen molar-refractivity contribution in [3.8, 4) is 11.3 Å². The minimum absolute atomic E-state index is 0.108. The third-order valence-electron chi connectivity index (χ3n) is 6.59.